The molecule has 4 aliphatic rings. The van der Waals surface area contributed by atoms with Crippen LogP contribution in [0.2, 0.25) is 0 Å². The fourth-order valence-electron chi connectivity index (χ4n) is 8.81. The van der Waals surface area contributed by atoms with Crippen molar-refractivity contribution < 1.29 is 9.47 Å². The van der Waals surface area contributed by atoms with E-state index in [4.69, 9.17) is 14.5 Å². The van der Waals surface area contributed by atoms with Crippen LogP contribution in [-0.2, 0) is 5.41 Å². The molecule has 4 aliphatic heterocycles. The number of anilines is 6. The molecule has 0 bridgehead atoms. The first-order valence-corrected chi connectivity index (χ1v) is 18.0. The molecule has 0 aliphatic carbocycles. The molecule has 7 aromatic rings. The van der Waals surface area contributed by atoms with Crippen molar-refractivity contribution in [1.82, 2.24) is 4.98 Å². The second-order valence-corrected chi connectivity index (χ2v) is 15.2. The highest BCUT2D eigenvalue weighted by molar-refractivity contribution is 7.01. The summed E-state index contributed by atoms with van der Waals surface area (Å²) in [6.07, 6.45) is 0. The van der Waals surface area contributed by atoms with Crippen LogP contribution in [0.4, 0.5) is 34.1 Å². The highest BCUT2D eigenvalue weighted by atomic mass is 16.5. The second-order valence-electron chi connectivity index (χ2n) is 15.2. The Bertz CT molecular complexity index is 2600. The van der Waals surface area contributed by atoms with Crippen molar-refractivity contribution in [3.63, 3.8) is 0 Å². The predicted molar refractivity (Wildman–Crippen MR) is 215 cm³/mol. The van der Waals surface area contributed by atoms with E-state index >= 15 is 0 Å². The molecular formula is C45H33B2N3O2. The van der Waals surface area contributed by atoms with Crippen molar-refractivity contribution in [3.05, 3.63) is 151 Å². The van der Waals surface area contributed by atoms with E-state index in [1.807, 2.05) is 0 Å². The minimum absolute atomic E-state index is 0.0623. The van der Waals surface area contributed by atoms with Crippen LogP contribution in [0.5, 0.6) is 23.3 Å². The monoisotopic (exact) mass is 669 g/mol. The smallest absolute Gasteiger partial charge is 0.258 e. The van der Waals surface area contributed by atoms with Gasteiger partial charge in [-0.1, -0.05) is 106 Å². The summed E-state index contributed by atoms with van der Waals surface area (Å²) in [7, 11) is 0. The van der Waals surface area contributed by atoms with E-state index in [1.165, 1.54) is 27.6 Å². The van der Waals surface area contributed by atoms with Gasteiger partial charge in [-0.25, -0.2) is 0 Å². The molecule has 11 rings (SSSR count). The van der Waals surface area contributed by atoms with E-state index in [0.29, 0.717) is 11.8 Å². The molecule has 5 heterocycles. The standard InChI is InChI=1S/C45H33B2N3O2/c1-45(2,3)28-25-38-42-40(26-28)52-44-34(47(42)32-20-11-13-22-36(32)50(38)30-17-8-5-9-18-30)27-33-43(48-44)51-39-24-14-23-37-41(39)46(33)31-19-10-12-21-35(31)49(37)29-15-6-4-7-16-29/h4-27H,1-3H3. The van der Waals surface area contributed by atoms with Gasteiger partial charge in [-0.3, -0.25) is 0 Å². The van der Waals surface area contributed by atoms with Crippen LogP contribution in [-0.4, -0.2) is 18.4 Å². The van der Waals surface area contributed by atoms with Gasteiger partial charge in [0.05, 0.1) is 0 Å². The van der Waals surface area contributed by atoms with E-state index in [1.54, 1.807) is 0 Å². The second kappa shape index (κ2) is 10.7. The summed E-state index contributed by atoms with van der Waals surface area (Å²) in [5.74, 6) is 2.88. The topological polar surface area (TPSA) is 37.8 Å². The number of fused-ring (bicyclic) bond motifs is 8. The first kappa shape index (κ1) is 29.5. The van der Waals surface area contributed by atoms with Gasteiger partial charge in [0, 0.05) is 34.1 Å². The quantitative estimate of drug-likeness (QED) is 0.182. The lowest BCUT2D eigenvalue weighted by molar-refractivity contribution is 0.430. The third kappa shape index (κ3) is 4.11. The van der Waals surface area contributed by atoms with Gasteiger partial charge < -0.3 is 19.3 Å². The number of aromatic nitrogens is 1. The van der Waals surface area contributed by atoms with Gasteiger partial charge in [-0.05, 0) is 104 Å². The zero-order valence-corrected chi connectivity index (χ0v) is 29.2. The molecule has 0 atom stereocenters. The van der Waals surface area contributed by atoms with Crippen LogP contribution in [0.1, 0.15) is 26.3 Å². The maximum atomic E-state index is 6.94. The molecule has 0 N–H and O–H groups in total. The number of hydrogen-bond donors (Lipinski definition) is 0. The molecule has 0 amide bonds. The van der Waals surface area contributed by atoms with Crippen LogP contribution in [0.3, 0.4) is 0 Å². The van der Waals surface area contributed by atoms with Gasteiger partial charge in [0.25, 0.3) is 13.4 Å². The van der Waals surface area contributed by atoms with Crippen molar-refractivity contribution in [1.29, 1.82) is 0 Å². The maximum absolute atomic E-state index is 6.94. The Labute approximate surface area is 304 Å². The summed E-state index contributed by atoms with van der Waals surface area (Å²) in [6.45, 7) is 6.64. The number of rotatable bonds is 2. The van der Waals surface area contributed by atoms with Crippen LogP contribution >= 0.6 is 0 Å². The van der Waals surface area contributed by atoms with E-state index in [9.17, 15) is 0 Å². The molecule has 0 saturated heterocycles. The number of ether oxygens (including phenoxy) is 2. The number of benzene rings is 6. The Balaban J connectivity index is 1.16. The Kier molecular flexibility index (Phi) is 6.05. The van der Waals surface area contributed by atoms with Gasteiger partial charge in [0.1, 0.15) is 11.5 Å². The average Bonchev–Trinajstić information content (AvgIpc) is 3.17. The number of pyridine rings is 1. The van der Waals surface area contributed by atoms with Crippen molar-refractivity contribution in [2.45, 2.75) is 26.2 Å². The third-order valence-electron chi connectivity index (χ3n) is 11.1. The number of para-hydroxylation sites is 4. The van der Waals surface area contributed by atoms with Gasteiger partial charge >= 0.3 is 0 Å². The first-order chi connectivity index (χ1) is 25.4. The summed E-state index contributed by atoms with van der Waals surface area (Å²) in [4.78, 5) is 10.0. The van der Waals surface area contributed by atoms with Crippen molar-refractivity contribution in [2.75, 3.05) is 9.80 Å². The zero-order valence-electron chi connectivity index (χ0n) is 29.2. The van der Waals surface area contributed by atoms with E-state index in [0.717, 1.165) is 56.3 Å². The molecule has 246 valence electrons. The SMILES string of the molecule is CC(C)(C)c1cc2c3c(c1)N(c1ccccc1)c1ccccc1B3c1cc3c(nc1O2)Oc1cccc2c1B3c1ccccc1N2c1ccccc1. The van der Waals surface area contributed by atoms with E-state index in [-0.39, 0.29) is 18.8 Å². The highest BCUT2D eigenvalue weighted by Crippen LogP contribution is 2.44. The summed E-state index contributed by atoms with van der Waals surface area (Å²) in [5, 5.41) is 0. The maximum Gasteiger partial charge on any atom is 0.258 e. The molecule has 7 heteroatoms. The Morgan fingerprint density at radius 2 is 0.962 bits per heavy atom. The minimum atomic E-state index is -0.0974. The Morgan fingerprint density at radius 3 is 1.56 bits per heavy atom. The van der Waals surface area contributed by atoms with E-state index < -0.39 is 0 Å². The molecule has 0 spiro atoms. The normalized spacial score (nSPS) is 14.2. The molecule has 52 heavy (non-hydrogen) atoms. The molecule has 5 nitrogen and oxygen atoms in total. The van der Waals surface area contributed by atoms with Crippen molar-refractivity contribution in [2.24, 2.45) is 0 Å². The largest absolute Gasteiger partial charge is 0.440 e. The predicted octanol–water partition coefficient (Wildman–Crippen LogP) is 7.19. The van der Waals surface area contributed by atoms with Gasteiger partial charge in [-0.2, -0.15) is 4.98 Å². The fourth-order valence-corrected chi connectivity index (χ4v) is 8.81. The van der Waals surface area contributed by atoms with Crippen LogP contribution in [0.15, 0.2) is 146 Å². The molecule has 0 saturated carbocycles. The van der Waals surface area contributed by atoms with Crippen molar-refractivity contribution >= 4 is 80.3 Å². The average molecular weight is 669 g/mol. The lowest BCUT2D eigenvalue weighted by Gasteiger charge is -2.42. The van der Waals surface area contributed by atoms with Gasteiger partial charge in [-0.15, -0.1) is 0 Å². The molecular weight excluding hydrogens is 636 g/mol. The fraction of sp³-hybridized carbons (Fsp3) is 0.0889. The first-order valence-electron chi connectivity index (χ1n) is 18.0. The number of nitrogens with zero attached hydrogens (tertiary/aromatic N) is 3. The highest BCUT2D eigenvalue weighted by Gasteiger charge is 2.47. The minimum Gasteiger partial charge on any atom is -0.440 e. The summed E-state index contributed by atoms with van der Waals surface area (Å²) in [5.41, 5.74) is 14.8. The lowest BCUT2D eigenvalue weighted by atomic mass is 9.31. The zero-order chi connectivity index (χ0) is 34.7. The summed E-state index contributed by atoms with van der Waals surface area (Å²) in [6, 6.07) is 52.1. The summed E-state index contributed by atoms with van der Waals surface area (Å²) < 4.78 is 13.7. The molecule has 6 aromatic carbocycles. The van der Waals surface area contributed by atoms with Crippen LogP contribution < -0.4 is 52.1 Å². The van der Waals surface area contributed by atoms with Crippen molar-refractivity contribution in [3.8, 4) is 23.3 Å². The van der Waals surface area contributed by atoms with Crippen LogP contribution in [0, 0.1) is 0 Å². The number of hydrogen-bond acceptors (Lipinski definition) is 5. The lowest BCUT2D eigenvalue weighted by Crippen LogP contribution is -2.63. The van der Waals surface area contributed by atoms with Crippen LogP contribution in [0.25, 0.3) is 0 Å². The summed E-state index contributed by atoms with van der Waals surface area (Å²) >= 11 is 0. The third-order valence-corrected chi connectivity index (χ3v) is 11.1. The van der Waals surface area contributed by atoms with Gasteiger partial charge in [0.15, 0.2) is 0 Å². The Hall–Kier alpha value is -6.20. The molecule has 0 radical (unpaired) electrons. The molecule has 0 unspecified atom stereocenters. The van der Waals surface area contributed by atoms with E-state index in [2.05, 4.69) is 176 Å². The van der Waals surface area contributed by atoms with Gasteiger partial charge in [0.2, 0.25) is 11.8 Å². The Morgan fingerprint density at radius 1 is 0.462 bits per heavy atom. The molecule has 0 fully saturated rings. The molecule has 1 aromatic heterocycles.